The molecule has 0 amide bonds. The van der Waals surface area contributed by atoms with Crippen LogP contribution in [0.25, 0.3) is 0 Å². The van der Waals surface area contributed by atoms with Gasteiger partial charge in [0.25, 0.3) is 0 Å². The topological polar surface area (TPSA) is 87.0 Å². The summed E-state index contributed by atoms with van der Waals surface area (Å²) in [4.78, 5) is 10.8. The molecule has 0 spiro atoms. The lowest BCUT2D eigenvalue weighted by molar-refractivity contribution is -0.190. The van der Waals surface area contributed by atoms with Gasteiger partial charge in [0, 0.05) is 5.92 Å². The van der Waals surface area contributed by atoms with Crippen molar-refractivity contribution < 1.29 is 24.9 Å². The van der Waals surface area contributed by atoms with Gasteiger partial charge < -0.3 is 24.9 Å². The fraction of sp³-hybridized carbons (Fsp3) is 0.900. The van der Waals surface area contributed by atoms with Gasteiger partial charge in [0.1, 0.15) is 6.29 Å². The molecule has 1 heterocycles. The fourth-order valence-corrected chi connectivity index (χ4v) is 2.16. The number of carbonyl (C=O) groups is 1. The maximum absolute atomic E-state index is 10.8. The van der Waals surface area contributed by atoms with Crippen molar-refractivity contribution in [3.8, 4) is 0 Å². The number of carbonyl (C=O) groups excluding carboxylic acids is 1. The normalized spacial score (nSPS) is 41.5. The van der Waals surface area contributed by atoms with Crippen LogP contribution in [0.1, 0.15) is 13.3 Å². The average molecular weight is 218 g/mol. The lowest BCUT2D eigenvalue weighted by Crippen LogP contribution is -2.53. The van der Waals surface area contributed by atoms with Crippen LogP contribution in [0.15, 0.2) is 0 Å². The van der Waals surface area contributed by atoms with Gasteiger partial charge >= 0.3 is 0 Å². The largest absolute Gasteiger partial charge is 0.394 e. The molecular formula is C10H18O5. The van der Waals surface area contributed by atoms with Crippen LogP contribution in [0.5, 0.6) is 0 Å². The molecule has 5 nitrogen and oxygen atoms in total. The van der Waals surface area contributed by atoms with E-state index in [-0.39, 0.29) is 19.1 Å². The van der Waals surface area contributed by atoms with Gasteiger partial charge in [0.05, 0.1) is 37.4 Å². The molecule has 1 aliphatic heterocycles. The zero-order chi connectivity index (χ0) is 11.4. The van der Waals surface area contributed by atoms with Crippen LogP contribution in [-0.2, 0) is 9.53 Å². The second-order valence-electron chi connectivity index (χ2n) is 3.85. The number of aliphatic hydroxyl groups excluding tert-OH is 3. The molecule has 1 rings (SSSR count). The number of rotatable bonds is 4. The van der Waals surface area contributed by atoms with E-state index in [1.165, 1.54) is 0 Å². The molecule has 0 saturated carbocycles. The van der Waals surface area contributed by atoms with E-state index < -0.39 is 24.2 Å². The molecule has 0 radical (unpaired) electrons. The Balaban J connectivity index is 2.81. The molecule has 0 aromatic carbocycles. The minimum Gasteiger partial charge on any atom is -0.394 e. The lowest BCUT2D eigenvalue weighted by Gasteiger charge is -2.41. The summed E-state index contributed by atoms with van der Waals surface area (Å²) in [7, 11) is 0. The molecule has 5 atom stereocenters. The van der Waals surface area contributed by atoms with Gasteiger partial charge in [-0.3, -0.25) is 0 Å². The van der Waals surface area contributed by atoms with E-state index in [1.54, 1.807) is 0 Å². The van der Waals surface area contributed by atoms with Gasteiger partial charge in [0.2, 0.25) is 0 Å². The molecule has 3 N–H and O–H groups in total. The van der Waals surface area contributed by atoms with E-state index in [0.717, 1.165) is 0 Å². The first kappa shape index (κ1) is 12.6. The summed E-state index contributed by atoms with van der Waals surface area (Å²) in [6, 6.07) is 0. The third-order valence-corrected chi connectivity index (χ3v) is 3.08. The van der Waals surface area contributed by atoms with E-state index in [4.69, 9.17) is 14.9 Å². The van der Waals surface area contributed by atoms with Crippen molar-refractivity contribution in [3.05, 3.63) is 0 Å². The number of hydrogen-bond donors (Lipinski definition) is 3. The summed E-state index contributed by atoms with van der Waals surface area (Å²) >= 11 is 0. The van der Waals surface area contributed by atoms with Crippen molar-refractivity contribution in [2.45, 2.75) is 31.7 Å². The van der Waals surface area contributed by atoms with Gasteiger partial charge in [-0.1, -0.05) is 6.92 Å². The highest BCUT2D eigenvalue weighted by molar-refractivity contribution is 5.56. The van der Waals surface area contributed by atoms with Crippen LogP contribution in [0.3, 0.4) is 0 Å². The summed E-state index contributed by atoms with van der Waals surface area (Å²) in [5.74, 6) is -0.962. The standard InChI is InChI=1S/C10H18O5/c1-2-6-8(4-12)15-9(5-13)7(3-11)10(6)14/h3,6-10,12-14H,2,4-5H2,1H3. The van der Waals surface area contributed by atoms with Gasteiger partial charge in [-0.15, -0.1) is 0 Å². The molecule has 0 bridgehead atoms. The number of hydrogen-bond acceptors (Lipinski definition) is 5. The van der Waals surface area contributed by atoms with Crippen LogP contribution < -0.4 is 0 Å². The Morgan fingerprint density at radius 1 is 1.27 bits per heavy atom. The molecule has 1 aliphatic rings. The minimum absolute atomic E-state index is 0.211. The molecule has 88 valence electrons. The third kappa shape index (κ3) is 2.36. The van der Waals surface area contributed by atoms with E-state index in [0.29, 0.717) is 12.7 Å². The van der Waals surface area contributed by atoms with Crippen molar-refractivity contribution in [2.75, 3.05) is 13.2 Å². The van der Waals surface area contributed by atoms with Gasteiger partial charge in [0.15, 0.2) is 0 Å². The van der Waals surface area contributed by atoms with Gasteiger partial charge in [-0.05, 0) is 6.42 Å². The highest BCUT2D eigenvalue weighted by Crippen LogP contribution is 2.31. The molecule has 0 aromatic rings. The third-order valence-electron chi connectivity index (χ3n) is 3.08. The summed E-state index contributed by atoms with van der Waals surface area (Å²) in [5.41, 5.74) is 0. The molecule has 0 aromatic heterocycles. The SMILES string of the molecule is CCC1C(CO)OC(CO)C(C=O)C1O. The molecule has 0 aliphatic carbocycles. The smallest absolute Gasteiger partial charge is 0.128 e. The van der Waals surface area contributed by atoms with E-state index in [9.17, 15) is 9.90 Å². The molecule has 5 heteroatoms. The first-order valence-corrected chi connectivity index (χ1v) is 5.20. The second kappa shape index (κ2) is 5.55. The van der Waals surface area contributed by atoms with Crippen LogP contribution in [0.2, 0.25) is 0 Å². The zero-order valence-electron chi connectivity index (χ0n) is 8.74. The summed E-state index contributed by atoms with van der Waals surface area (Å²) in [5, 5.41) is 28.0. The Hall–Kier alpha value is -0.490. The quantitative estimate of drug-likeness (QED) is 0.524. The van der Waals surface area contributed by atoms with Crippen molar-refractivity contribution in [1.82, 2.24) is 0 Å². The highest BCUT2D eigenvalue weighted by atomic mass is 16.5. The van der Waals surface area contributed by atoms with Gasteiger partial charge in [-0.25, -0.2) is 0 Å². The number of aliphatic hydroxyl groups is 3. The Bertz CT molecular complexity index is 208. The second-order valence-corrected chi connectivity index (χ2v) is 3.85. The average Bonchev–Trinajstić information content (AvgIpc) is 2.27. The van der Waals surface area contributed by atoms with Crippen LogP contribution in [0, 0.1) is 11.8 Å². The van der Waals surface area contributed by atoms with Crippen molar-refractivity contribution in [1.29, 1.82) is 0 Å². The Labute approximate surface area is 88.7 Å². The first-order valence-electron chi connectivity index (χ1n) is 5.20. The van der Waals surface area contributed by atoms with Crippen molar-refractivity contribution in [3.63, 3.8) is 0 Å². The van der Waals surface area contributed by atoms with E-state index >= 15 is 0 Å². The maximum Gasteiger partial charge on any atom is 0.128 e. The molecular weight excluding hydrogens is 200 g/mol. The zero-order valence-corrected chi connectivity index (χ0v) is 8.74. The Morgan fingerprint density at radius 3 is 2.27 bits per heavy atom. The predicted octanol–water partition coefficient (Wildman–Crippen LogP) is -1.06. The lowest BCUT2D eigenvalue weighted by atomic mass is 9.80. The monoisotopic (exact) mass is 218 g/mol. The van der Waals surface area contributed by atoms with Crippen LogP contribution >= 0.6 is 0 Å². The molecule has 5 unspecified atom stereocenters. The fourth-order valence-electron chi connectivity index (χ4n) is 2.16. The Kier molecular flexibility index (Phi) is 4.66. The van der Waals surface area contributed by atoms with Crippen molar-refractivity contribution >= 4 is 6.29 Å². The highest BCUT2D eigenvalue weighted by Gasteiger charge is 2.43. The van der Waals surface area contributed by atoms with Gasteiger partial charge in [-0.2, -0.15) is 0 Å². The van der Waals surface area contributed by atoms with Crippen LogP contribution in [-0.4, -0.2) is 53.1 Å². The van der Waals surface area contributed by atoms with E-state index in [1.807, 2.05) is 6.92 Å². The number of aldehydes is 1. The van der Waals surface area contributed by atoms with Crippen molar-refractivity contribution in [2.24, 2.45) is 11.8 Å². The predicted molar refractivity (Wildman–Crippen MR) is 52.2 cm³/mol. The minimum atomic E-state index is -0.851. The Morgan fingerprint density at radius 2 is 1.87 bits per heavy atom. The maximum atomic E-state index is 10.8. The number of ether oxygens (including phenoxy) is 1. The molecule has 1 saturated heterocycles. The summed E-state index contributed by atoms with van der Waals surface area (Å²) in [6.45, 7) is 1.33. The molecule has 1 fully saturated rings. The molecule has 15 heavy (non-hydrogen) atoms. The van der Waals surface area contributed by atoms with Crippen LogP contribution in [0.4, 0.5) is 0 Å². The summed E-state index contributed by atoms with van der Waals surface area (Å²) in [6.07, 6.45) is -0.831. The summed E-state index contributed by atoms with van der Waals surface area (Å²) < 4.78 is 5.37. The van der Waals surface area contributed by atoms with E-state index in [2.05, 4.69) is 0 Å². The first-order chi connectivity index (χ1) is 7.19.